The standard InChI is InChI=1S/C24H26BrN5O3S/c1-17(21-16-26-11-12-27-21)29-34(32,33)23-8-7-19(25)15-22(23)30-13-9-18(10-14-30)24(31)28-20-5-3-2-4-6-20/h2-8,11-12,15-18,29H,9-10,13-14H2,1H3,(H,28,31)/t17-/m0/s1. The van der Waals surface area contributed by atoms with Crippen molar-refractivity contribution in [1.82, 2.24) is 14.7 Å². The quantitative estimate of drug-likeness (QED) is 0.464. The number of amides is 1. The summed E-state index contributed by atoms with van der Waals surface area (Å²) in [6.07, 6.45) is 5.88. The van der Waals surface area contributed by atoms with Crippen molar-refractivity contribution in [2.75, 3.05) is 23.3 Å². The molecule has 2 heterocycles. The van der Waals surface area contributed by atoms with Crippen LogP contribution in [0.2, 0.25) is 0 Å². The molecule has 1 aliphatic heterocycles. The minimum Gasteiger partial charge on any atom is -0.370 e. The van der Waals surface area contributed by atoms with Crippen molar-refractivity contribution in [3.63, 3.8) is 0 Å². The minimum absolute atomic E-state index is 0.00704. The molecule has 2 aromatic carbocycles. The predicted octanol–water partition coefficient (Wildman–Crippen LogP) is 4.13. The first-order chi connectivity index (χ1) is 16.3. The maximum absolute atomic E-state index is 13.3. The fraction of sp³-hybridized carbons (Fsp3) is 0.292. The number of nitrogens with one attached hydrogen (secondary N) is 2. The predicted molar refractivity (Wildman–Crippen MR) is 135 cm³/mol. The molecule has 1 aromatic heterocycles. The number of benzene rings is 2. The van der Waals surface area contributed by atoms with Crippen LogP contribution in [0, 0.1) is 5.92 Å². The van der Waals surface area contributed by atoms with Crippen molar-refractivity contribution in [3.05, 3.63) is 77.3 Å². The van der Waals surface area contributed by atoms with Crippen LogP contribution in [0.4, 0.5) is 11.4 Å². The van der Waals surface area contributed by atoms with Gasteiger partial charge in [-0.05, 0) is 50.1 Å². The van der Waals surface area contributed by atoms with E-state index in [-0.39, 0.29) is 16.7 Å². The summed E-state index contributed by atoms with van der Waals surface area (Å²) in [4.78, 5) is 23.1. The highest BCUT2D eigenvalue weighted by Gasteiger charge is 2.29. The molecule has 0 spiro atoms. The topological polar surface area (TPSA) is 104 Å². The summed E-state index contributed by atoms with van der Waals surface area (Å²) in [5, 5.41) is 2.97. The van der Waals surface area contributed by atoms with Crippen LogP contribution in [0.1, 0.15) is 31.5 Å². The molecular weight excluding hydrogens is 518 g/mol. The molecule has 178 valence electrons. The molecule has 10 heteroatoms. The van der Waals surface area contributed by atoms with E-state index in [2.05, 4.69) is 35.9 Å². The fourth-order valence-electron chi connectivity index (χ4n) is 4.00. The molecule has 4 rings (SSSR count). The van der Waals surface area contributed by atoms with Gasteiger partial charge < -0.3 is 10.2 Å². The third-order valence-electron chi connectivity index (χ3n) is 5.82. The summed E-state index contributed by atoms with van der Waals surface area (Å²) in [7, 11) is -3.83. The first kappa shape index (κ1) is 24.3. The highest BCUT2D eigenvalue weighted by molar-refractivity contribution is 9.10. The minimum atomic E-state index is -3.83. The summed E-state index contributed by atoms with van der Waals surface area (Å²) >= 11 is 3.47. The van der Waals surface area contributed by atoms with Crippen LogP contribution in [-0.2, 0) is 14.8 Å². The molecular formula is C24H26BrN5O3S. The summed E-state index contributed by atoms with van der Waals surface area (Å²) < 4.78 is 30.1. The highest BCUT2D eigenvalue weighted by atomic mass is 79.9. The normalized spacial score (nSPS) is 15.6. The molecule has 3 aromatic rings. The van der Waals surface area contributed by atoms with Crippen LogP contribution < -0.4 is 14.9 Å². The van der Waals surface area contributed by atoms with Gasteiger partial charge in [0.05, 0.1) is 17.4 Å². The van der Waals surface area contributed by atoms with Crippen LogP contribution in [0.25, 0.3) is 0 Å². The number of anilines is 2. The fourth-order valence-corrected chi connectivity index (χ4v) is 5.78. The van der Waals surface area contributed by atoms with Gasteiger partial charge in [-0.2, -0.15) is 0 Å². The average molecular weight is 544 g/mol. The van der Waals surface area contributed by atoms with Gasteiger partial charge in [0.2, 0.25) is 15.9 Å². The summed E-state index contributed by atoms with van der Waals surface area (Å²) in [6, 6.07) is 14.0. The van der Waals surface area contributed by atoms with Gasteiger partial charge in [-0.15, -0.1) is 0 Å². The Balaban J connectivity index is 1.48. The Hall–Kier alpha value is -2.82. The monoisotopic (exact) mass is 543 g/mol. The number of halogens is 1. The smallest absolute Gasteiger partial charge is 0.243 e. The SMILES string of the molecule is C[C@H](NS(=O)(=O)c1ccc(Br)cc1N1CCC(C(=O)Nc2ccccc2)CC1)c1cnccn1. The Morgan fingerprint density at radius 1 is 1.12 bits per heavy atom. The van der Waals surface area contributed by atoms with E-state index in [9.17, 15) is 13.2 Å². The maximum Gasteiger partial charge on any atom is 0.243 e. The Morgan fingerprint density at radius 3 is 2.53 bits per heavy atom. The Bertz CT molecular complexity index is 1230. The molecule has 1 atom stereocenters. The number of carbonyl (C=O) groups excluding carboxylic acids is 1. The van der Waals surface area contributed by atoms with Crippen molar-refractivity contribution in [2.45, 2.75) is 30.7 Å². The third kappa shape index (κ3) is 5.81. The van der Waals surface area contributed by atoms with Gasteiger partial charge in [-0.1, -0.05) is 34.1 Å². The van der Waals surface area contributed by atoms with Crippen molar-refractivity contribution in [3.8, 4) is 0 Å². The second-order valence-corrected chi connectivity index (χ2v) is 10.8. The van der Waals surface area contributed by atoms with Gasteiger partial charge in [0, 0.05) is 47.8 Å². The number of aromatic nitrogens is 2. The van der Waals surface area contributed by atoms with E-state index in [0.29, 0.717) is 37.3 Å². The Morgan fingerprint density at radius 2 is 1.85 bits per heavy atom. The van der Waals surface area contributed by atoms with Crippen molar-refractivity contribution in [1.29, 1.82) is 0 Å². The largest absolute Gasteiger partial charge is 0.370 e. The van der Waals surface area contributed by atoms with Gasteiger partial charge >= 0.3 is 0 Å². The van der Waals surface area contributed by atoms with E-state index >= 15 is 0 Å². The second kappa shape index (κ2) is 10.6. The Kier molecular flexibility index (Phi) is 7.60. The molecule has 2 N–H and O–H groups in total. The van der Waals surface area contributed by atoms with Crippen LogP contribution in [0.5, 0.6) is 0 Å². The molecule has 1 saturated heterocycles. The van der Waals surface area contributed by atoms with Crippen LogP contribution in [-0.4, -0.2) is 37.4 Å². The van der Waals surface area contributed by atoms with Crippen molar-refractivity contribution >= 4 is 43.2 Å². The van der Waals surface area contributed by atoms with Crippen LogP contribution in [0.3, 0.4) is 0 Å². The lowest BCUT2D eigenvalue weighted by Gasteiger charge is -2.34. The molecule has 34 heavy (non-hydrogen) atoms. The molecule has 0 radical (unpaired) electrons. The van der Waals surface area contributed by atoms with E-state index < -0.39 is 16.1 Å². The molecule has 1 fully saturated rings. The van der Waals surface area contributed by atoms with Gasteiger partial charge in [0.15, 0.2) is 0 Å². The molecule has 8 nitrogen and oxygen atoms in total. The van der Waals surface area contributed by atoms with Crippen LogP contribution in [0.15, 0.2) is 76.5 Å². The lowest BCUT2D eigenvalue weighted by Crippen LogP contribution is -2.39. The third-order valence-corrected chi connectivity index (χ3v) is 7.90. The maximum atomic E-state index is 13.3. The summed E-state index contributed by atoms with van der Waals surface area (Å²) in [6.45, 7) is 2.88. The molecule has 0 aliphatic carbocycles. The zero-order valence-electron chi connectivity index (χ0n) is 18.7. The van der Waals surface area contributed by atoms with E-state index in [0.717, 1.165) is 10.2 Å². The number of sulfonamides is 1. The number of hydrogen-bond donors (Lipinski definition) is 2. The first-order valence-electron chi connectivity index (χ1n) is 11.0. The lowest BCUT2D eigenvalue weighted by molar-refractivity contribution is -0.120. The zero-order chi connectivity index (χ0) is 24.1. The lowest BCUT2D eigenvalue weighted by atomic mass is 9.95. The number of carbonyl (C=O) groups is 1. The van der Waals surface area contributed by atoms with Crippen LogP contribution >= 0.6 is 15.9 Å². The Labute approximate surface area is 208 Å². The number of nitrogens with zero attached hydrogens (tertiary/aromatic N) is 3. The van der Waals surface area contributed by atoms with Gasteiger partial charge in [0.25, 0.3) is 0 Å². The van der Waals surface area contributed by atoms with E-state index in [1.807, 2.05) is 41.3 Å². The second-order valence-electron chi connectivity index (χ2n) is 8.20. The van der Waals surface area contributed by atoms with E-state index in [1.54, 1.807) is 31.5 Å². The average Bonchev–Trinajstić information content (AvgIpc) is 2.85. The summed E-state index contributed by atoms with van der Waals surface area (Å²) in [5.74, 6) is -0.133. The van der Waals surface area contributed by atoms with Crippen molar-refractivity contribution in [2.24, 2.45) is 5.92 Å². The van der Waals surface area contributed by atoms with Gasteiger partial charge in [0.1, 0.15) is 4.90 Å². The number of hydrogen-bond acceptors (Lipinski definition) is 6. The number of rotatable bonds is 7. The molecule has 1 aliphatic rings. The summed E-state index contributed by atoms with van der Waals surface area (Å²) in [5.41, 5.74) is 1.92. The highest BCUT2D eigenvalue weighted by Crippen LogP contribution is 2.33. The number of piperidine rings is 1. The number of para-hydroxylation sites is 1. The first-order valence-corrected chi connectivity index (χ1v) is 13.3. The van der Waals surface area contributed by atoms with Gasteiger partial charge in [-0.3, -0.25) is 14.8 Å². The zero-order valence-corrected chi connectivity index (χ0v) is 21.1. The van der Waals surface area contributed by atoms with Gasteiger partial charge in [-0.25, -0.2) is 13.1 Å². The van der Waals surface area contributed by atoms with E-state index in [1.165, 1.54) is 6.20 Å². The molecule has 1 amide bonds. The van der Waals surface area contributed by atoms with Crippen molar-refractivity contribution < 1.29 is 13.2 Å². The molecule has 0 bridgehead atoms. The van der Waals surface area contributed by atoms with E-state index in [4.69, 9.17) is 0 Å². The molecule has 0 unspecified atom stereocenters. The molecule has 0 saturated carbocycles.